The summed E-state index contributed by atoms with van der Waals surface area (Å²) in [6.07, 6.45) is 0. The molecule has 0 fully saturated rings. The second-order valence-corrected chi connectivity index (χ2v) is 5.27. The number of para-hydroxylation sites is 1. The zero-order valence-electron chi connectivity index (χ0n) is 12.1. The number of aryl methyl sites for hydroxylation is 1. The number of nitrogens with zero attached hydrogens (tertiary/aromatic N) is 1. The molecule has 2 aromatic carbocycles. The Morgan fingerprint density at radius 2 is 1.77 bits per heavy atom. The van der Waals surface area contributed by atoms with Gasteiger partial charge in [0, 0.05) is 11.5 Å². The lowest BCUT2D eigenvalue weighted by atomic mass is 10.1. The second kappa shape index (κ2) is 5.48. The largest absolute Gasteiger partial charge is 0.478 e. The number of fused-ring (bicyclic) bond motifs is 1. The average molecular weight is 293 g/mol. The molecule has 0 saturated heterocycles. The van der Waals surface area contributed by atoms with Crippen molar-refractivity contribution in [3.63, 3.8) is 0 Å². The van der Waals surface area contributed by atoms with E-state index in [9.17, 15) is 9.59 Å². The van der Waals surface area contributed by atoms with Gasteiger partial charge in [-0.1, -0.05) is 30.3 Å². The molecule has 1 aromatic heterocycles. The Kier molecular flexibility index (Phi) is 3.51. The van der Waals surface area contributed by atoms with E-state index in [4.69, 9.17) is 5.11 Å². The van der Waals surface area contributed by atoms with E-state index in [1.54, 1.807) is 34.9 Å². The fourth-order valence-electron chi connectivity index (χ4n) is 2.60. The van der Waals surface area contributed by atoms with E-state index in [1.807, 2.05) is 31.2 Å². The van der Waals surface area contributed by atoms with Crippen molar-refractivity contribution in [1.82, 2.24) is 4.57 Å². The summed E-state index contributed by atoms with van der Waals surface area (Å²) in [6, 6.07) is 16.0. The van der Waals surface area contributed by atoms with Gasteiger partial charge in [-0.2, -0.15) is 0 Å². The van der Waals surface area contributed by atoms with Crippen LogP contribution in [0.25, 0.3) is 10.9 Å². The van der Waals surface area contributed by atoms with Crippen LogP contribution in [0.15, 0.2) is 59.4 Å². The first-order chi connectivity index (χ1) is 10.6. The van der Waals surface area contributed by atoms with Crippen molar-refractivity contribution in [2.24, 2.45) is 0 Å². The Hall–Kier alpha value is -2.88. The van der Waals surface area contributed by atoms with E-state index >= 15 is 0 Å². The van der Waals surface area contributed by atoms with Gasteiger partial charge in [0.25, 0.3) is 5.56 Å². The number of carboxylic acids is 1. The first-order valence-electron chi connectivity index (χ1n) is 6.97. The molecule has 0 aliphatic carbocycles. The molecule has 0 atom stereocenters. The monoisotopic (exact) mass is 293 g/mol. The van der Waals surface area contributed by atoms with Crippen LogP contribution in [0, 0.1) is 6.92 Å². The van der Waals surface area contributed by atoms with E-state index in [0.717, 1.165) is 22.0 Å². The van der Waals surface area contributed by atoms with E-state index < -0.39 is 5.97 Å². The zero-order chi connectivity index (χ0) is 15.7. The minimum Gasteiger partial charge on any atom is -0.478 e. The highest BCUT2D eigenvalue weighted by Crippen LogP contribution is 2.17. The zero-order valence-corrected chi connectivity index (χ0v) is 12.1. The third kappa shape index (κ3) is 2.51. The van der Waals surface area contributed by atoms with Crippen molar-refractivity contribution in [2.45, 2.75) is 13.5 Å². The summed E-state index contributed by atoms with van der Waals surface area (Å²) in [6.45, 7) is 2.34. The van der Waals surface area contributed by atoms with Crippen molar-refractivity contribution in [2.75, 3.05) is 0 Å². The minimum absolute atomic E-state index is 0.0569. The average Bonchev–Trinajstić information content (AvgIpc) is 2.52. The van der Waals surface area contributed by atoms with Gasteiger partial charge >= 0.3 is 5.97 Å². The van der Waals surface area contributed by atoms with Crippen LogP contribution < -0.4 is 5.56 Å². The van der Waals surface area contributed by atoms with Crippen LogP contribution in [-0.2, 0) is 6.54 Å². The van der Waals surface area contributed by atoms with Gasteiger partial charge in [-0.15, -0.1) is 0 Å². The Bertz CT molecular complexity index is 908. The molecule has 0 aliphatic rings. The normalized spacial score (nSPS) is 10.8. The number of hydrogen-bond donors (Lipinski definition) is 1. The molecule has 110 valence electrons. The minimum atomic E-state index is -0.954. The molecule has 4 heteroatoms. The molecule has 1 heterocycles. The first-order valence-corrected chi connectivity index (χ1v) is 6.97. The van der Waals surface area contributed by atoms with E-state index in [1.165, 1.54) is 0 Å². The van der Waals surface area contributed by atoms with Crippen LogP contribution in [-0.4, -0.2) is 15.6 Å². The van der Waals surface area contributed by atoms with E-state index in [2.05, 4.69) is 0 Å². The number of rotatable bonds is 3. The van der Waals surface area contributed by atoms with Gasteiger partial charge in [-0.25, -0.2) is 4.79 Å². The summed E-state index contributed by atoms with van der Waals surface area (Å²) >= 11 is 0. The highest BCUT2D eigenvalue weighted by Gasteiger charge is 2.07. The lowest BCUT2D eigenvalue weighted by Gasteiger charge is -2.12. The summed E-state index contributed by atoms with van der Waals surface area (Å²) in [5.74, 6) is -0.954. The molecule has 0 aliphatic heterocycles. The summed E-state index contributed by atoms with van der Waals surface area (Å²) in [5.41, 5.74) is 2.91. The first kappa shape index (κ1) is 14.1. The molecule has 22 heavy (non-hydrogen) atoms. The molecule has 4 nitrogen and oxygen atoms in total. The quantitative estimate of drug-likeness (QED) is 0.807. The number of carboxylic acid groups (broad SMARTS) is 1. The summed E-state index contributed by atoms with van der Waals surface area (Å²) in [7, 11) is 0. The smallest absolute Gasteiger partial charge is 0.335 e. The van der Waals surface area contributed by atoms with Gasteiger partial charge in [0.15, 0.2) is 0 Å². The van der Waals surface area contributed by atoms with Crippen LogP contribution in [0.3, 0.4) is 0 Å². The van der Waals surface area contributed by atoms with Gasteiger partial charge < -0.3 is 9.67 Å². The molecule has 3 aromatic rings. The Labute approximate surface area is 127 Å². The predicted octanol–water partition coefficient (Wildman–Crippen LogP) is 3.06. The maximum atomic E-state index is 12.3. The van der Waals surface area contributed by atoms with Crippen molar-refractivity contribution >= 4 is 16.9 Å². The number of pyridine rings is 1. The Morgan fingerprint density at radius 3 is 2.45 bits per heavy atom. The Morgan fingerprint density at radius 1 is 1.09 bits per heavy atom. The van der Waals surface area contributed by atoms with Crippen LogP contribution in [0.1, 0.15) is 21.5 Å². The van der Waals surface area contributed by atoms with Gasteiger partial charge in [0.1, 0.15) is 0 Å². The molecule has 0 amide bonds. The van der Waals surface area contributed by atoms with Gasteiger partial charge in [-0.05, 0) is 36.2 Å². The lowest BCUT2D eigenvalue weighted by Crippen LogP contribution is -2.21. The SMILES string of the molecule is Cc1cc(=O)n(Cc2ccc(C(=O)O)cc2)c2ccccc12. The standard InChI is InChI=1S/C18H15NO3/c1-12-10-17(20)19(16-5-3-2-4-15(12)16)11-13-6-8-14(9-7-13)18(21)22/h2-10H,11H2,1H3,(H,21,22). The van der Waals surface area contributed by atoms with Crippen LogP contribution in [0.4, 0.5) is 0 Å². The van der Waals surface area contributed by atoms with E-state index in [0.29, 0.717) is 6.54 Å². The van der Waals surface area contributed by atoms with Crippen LogP contribution in [0.2, 0.25) is 0 Å². The maximum absolute atomic E-state index is 12.3. The highest BCUT2D eigenvalue weighted by molar-refractivity contribution is 5.87. The molecule has 3 rings (SSSR count). The van der Waals surface area contributed by atoms with Gasteiger partial charge in [0.05, 0.1) is 17.6 Å². The molecule has 0 bridgehead atoms. The predicted molar refractivity (Wildman–Crippen MR) is 85.4 cm³/mol. The van der Waals surface area contributed by atoms with E-state index in [-0.39, 0.29) is 11.1 Å². The molecule has 0 unspecified atom stereocenters. The molecule has 0 radical (unpaired) electrons. The highest BCUT2D eigenvalue weighted by atomic mass is 16.4. The van der Waals surface area contributed by atoms with Gasteiger partial charge in [-0.3, -0.25) is 4.79 Å². The topological polar surface area (TPSA) is 59.3 Å². The van der Waals surface area contributed by atoms with Crippen molar-refractivity contribution in [3.8, 4) is 0 Å². The van der Waals surface area contributed by atoms with Gasteiger partial charge in [0.2, 0.25) is 0 Å². The fraction of sp³-hybridized carbons (Fsp3) is 0.111. The van der Waals surface area contributed by atoms with Crippen molar-refractivity contribution < 1.29 is 9.90 Å². The third-order valence-electron chi connectivity index (χ3n) is 3.77. The number of benzene rings is 2. The molecular formula is C18H15NO3. The summed E-state index contributed by atoms with van der Waals surface area (Å²) in [5, 5.41) is 9.97. The number of aromatic carboxylic acids is 1. The third-order valence-corrected chi connectivity index (χ3v) is 3.77. The van der Waals surface area contributed by atoms with Crippen molar-refractivity contribution in [1.29, 1.82) is 0 Å². The molecule has 0 spiro atoms. The van der Waals surface area contributed by atoms with Crippen LogP contribution in [0.5, 0.6) is 0 Å². The molecule has 1 N–H and O–H groups in total. The number of hydrogen-bond acceptors (Lipinski definition) is 2. The Balaban J connectivity index is 2.07. The number of carbonyl (C=O) groups is 1. The summed E-state index contributed by atoms with van der Waals surface area (Å²) in [4.78, 5) is 23.2. The van der Waals surface area contributed by atoms with Crippen LogP contribution >= 0.6 is 0 Å². The number of aromatic nitrogens is 1. The summed E-state index contributed by atoms with van der Waals surface area (Å²) < 4.78 is 1.71. The van der Waals surface area contributed by atoms with Crippen molar-refractivity contribution in [3.05, 3.63) is 81.6 Å². The molecular weight excluding hydrogens is 278 g/mol. The molecule has 0 saturated carbocycles. The second-order valence-electron chi connectivity index (χ2n) is 5.27. The fourth-order valence-corrected chi connectivity index (χ4v) is 2.60. The lowest BCUT2D eigenvalue weighted by molar-refractivity contribution is 0.0697. The maximum Gasteiger partial charge on any atom is 0.335 e.